The second-order valence-electron chi connectivity index (χ2n) is 4.76. The molecule has 0 amide bonds. The van der Waals surface area contributed by atoms with Gasteiger partial charge in [0.15, 0.2) is 0 Å². The van der Waals surface area contributed by atoms with Crippen LogP contribution in [0.15, 0.2) is 0 Å². The highest BCUT2D eigenvalue weighted by Gasteiger charge is 2.21. The van der Waals surface area contributed by atoms with Gasteiger partial charge in [-0.3, -0.25) is 0 Å². The lowest BCUT2D eigenvalue weighted by molar-refractivity contribution is 0.242. The van der Waals surface area contributed by atoms with Crippen molar-refractivity contribution in [1.29, 1.82) is 0 Å². The fraction of sp³-hybridized carbons (Fsp3) is 1.00. The first kappa shape index (κ1) is 13.0. The summed E-state index contributed by atoms with van der Waals surface area (Å²) in [6.45, 7) is 6.21. The molecule has 2 heteroatoms. The molecule has 1 fully saturated rings. The molecule has 0 bridgehead atoms. The molecule has 0 aromatic heterocycles. The van der Waals surface area contributed by atoms with Crippen LogP contribution < -0.4 is 5.32 Å². The van der Waals surface area contributed by atoms with Gasteiger partial charge >= 0.3 is 0 Å². The predicted molar refractivity (Wildman–Crippen MR) is 67.3 cm³/mol. The Bertz CT molecular complexity index is 147. The van der Waals surface area contributed by atoms with E-state index in [0.717, 1.165) is 6.04 Å². The minimum absolute atomic E-state index is 0.905. The molecular formula is C13H28N2. The van der Waals surface area contributed by atoms with E-state index in [0.29, 0.717) is 0 Å². The number of hydrogen-bond donors (Lipinski definition) is 1. The number of rotatable bonds is 8. The molecule has 1 aliphatic heterocycles. The van der Waals surface area contributed by atoms with Crippen LogP contribution in [-0.4, -0.2) is 37.6 Å². The SMILES string of the molecule is CCC1CCCN1CCCCCCNC. The first-order chi connectivity index (χ1) is 7.38. The summed E-state index contributed by atoms with van der Waals surface area (Å²) in [5, 5.41) is 3.21. The average Bonchev–Trinajstić information content (AvgIpc) is 2.70. The first-order valence-electron chi connectivity index (χ1n) is 6.77. The van der Waals surface area contributed by atoms with Gasteiger partial charge in [0.1, 0.15) is 0 Å². The molecule has 0 aromatic carbocycles. The number of nitrogens with one attached hydrogen (secondary N) is 1. The van der Waals surface area contributed by atoms with E-state index in [1.807, 2.05) is 7.05 Å². The Morgan fingerprint density at radius 2 is 2.00 bits per heavy atom. The molecule has 0 aromatic rings. The van der Waals surface area contributed by atoms with Crippen LogP contribution in [0.5, 0.6) is 0 Å². The Morgan fingerprint density at radius 3 is 2.73 bits per heavy atom. The Balaban J connectivity index is 1.95. The third-order valence-corrected chi connectivity index (χ3v) is 3.59. The zero-order valence-electron chi connectivity index (χ0n) is 10.6. The van der Waals surface area contributed by atoms with E-state index in [1.165, 1.54) is 64.6 Å². The van der Waals surface area contributed by atoms with E-state index in [-0.39, 0.29) is 0 Å². The highest BCUT2D eigenvalue weighted by atomic mass is 15.2. The smallest absolute Gasteiger partial charge is 0.00931 e. The van der Waals surface area contributed by atoms with Gasteiger partial charge in [0, 0.05) is 6.04 Å². The van der Waals surface area contributed by atoms with Crippen LogP contribution in [0.25, 0.3) is 0 Å². The summed E-state index contributed by atoms with van der Waals surface area (Å²) >= 11 is 0. The summed E-state index contributed by atoms with van der Waals surface area (Å²) in [4.78, 5) is 2.71. The van der Waals surface area contributed by atoms with Crippen LogP contribution >= 0.6 is 0 Å². The Kier molecular flexibility index (Phi) is 7.03. The van der Waals surface area contributed by atoms with E-state index >= 15 is 0 Å². The molecule has 1 rings (SSSR count). The highest BCUT2D eigenvalue weighted by molar-refractivity contribution is 4.77. The molecule has 1 atom stereocenters. The summed E-state index contributed by atoms with van der Waals surface area (Å²) < 4.78 is 0. The minimum Gasteiger partial charge on any atom is -0.320 e. The molecule has 0 radical (unpaired) electrons. The Hall–Kier alpha value is -0.0800. The normalized spacial score (nSPS) is 22.4. The van der Waals surface area contributed by atoms with E-state index < -0.39 is 0 Å². The van der Waals surface area contributed by atoms with Crippen molar-refractivity contribution in [2.75, 3.05) is 26.7 Å². The maximum atomic E-state index is 3.21. The minimum atomic E-state index is 0.905. The summed E-state index contributed by atoms with van der Waals surface area (Å²) in [6.07, 6.45) is 9.77. The van der Waals surface area contributed by atoms with E-state index in [1.54, 1.807) is 0 Å². The largest absolute Gasteiger partial charge is 0.320 e. The molecule has 2 nitrogen and oxygen atoms in total. The predicted octanol–water partition coefficient (Wildman–Crippen LogP) is 2.64. The van der Waals surface area contributed by atoms with Crippen molar-refractivity contribution >= 4 is 0 Å². The van der Waals surface area contributed by atoms with E-state index in [2.05, 4.69) is 17.1 Å². The van der Waals surface area contributed by atoms with Gasteiger partial charge in [-0.15, -0.1) is 0 Å². The second-order valence-corrected chi connectivity index (χ2v) is 4.76. The van der Waals surface area contributed by atoms with Crippen molar-refractivity contribution in [3.8, 4) is 0 Å². The van der Waals surface area contributed by atoms with Crippen molar-refractivity contribution < 1.29 is 0 Å². The monoisotopic (exact) mass is 212 g/mol. The molecule has 0 aliphatic carbocycles. The van der Waals surface area contributed by atoms with Crippen molar-refractivity contribution in [2.45, 2.75) is 57.9 Å². The molecule has 1 N–H and O–H groups in total. The lowest BCUT2D eigenvalue weighted by atomic mass is 10.1. The standard InChI is InChI=1S/C13H28N2/c1-3-13-9-8-12-15(13)11-7-5-4-6-10-14-2/h13-14H,3-12H2,1-2H3. The van der Waals surface area contributed by atoms with Crippen LogP contribution in [0.4, 0.5) is 0 Å². The van der Waals surface area contributed by atoms with Crippen molar-refractivity contribution in [3.63, 3.8) is 0 Å². The molecule has 1 aliphatic rings. The fourth-order valence-corrected chi connectivity index (χ4v) is 2.62. The van der Waals surface area contributed by atoms with Gasteiger partial charge in [-0.1, -0.05) is 19.8 Å². The van der Waals surface area contributed by atoms with E-state index in [4.69, 9.17) is 0 Å². The molecule has 15 heavy (non-hydrogen) atoms. The zero-order chi connectivity index (χ0) is 10.9. The Labute approximate surface area is 95.4 Å². The average molecular weight is 212 g/mol. The van der Waals surface area contributed by atoms with Gasteiger partial charge in [-0.2, -0.15) is 0 Å². The molecule has 90 valence electrons. The quantitative estimate of drug-likeness (QED) is 0.622. The summed E-state index contributed by atoms with van der Waals surface area (Å²) in [6, 6.07) is 0.905. The molecule has 1 heterocycles. The molecular weight excluding hydrogens is 184 g/mol. The van der Waals surface area contributed by atoms with Gasteiger partial charge in [0.05, 0.1) is 0 Å². The number of unbranched alkanes of at least 4 members (excludes halogenated alkanes) is 3. The number of nitrogens with zero attached hydrogens (tertiary/aromatic N) is 1. The number of hydrogen-bond acceptors (Lipinski definition) is 2. The van der Waals surface area contributed by atoms with Crippen LogP contribution in [-0.2, 0) is 0 Å². The number of likely N-dealkylation sites (tertiary alicyclic amines) is 1. The molecule has 1 saturated heterocycles. The topological polar surface area (TPSA) is 15.3 Å². The van der Waals surface area contributed by atoms with Gasteiger partial charge in [-0.25, -0.2) is 0 Å². The van der Waals surface area contributed by atoms with E-state index in [9.17, 15) is 0 Å². The van der Waals surface area contributed by atoms with Gasteiger partial charge in [0.25, 0.3) is 0 Å². The van der Waals surface area contributed by atoms with Crippen molar-refractivity contribution in [1.82, 2.24) is 10.2 Å². The van der Waals surface area contributed by atoms with Crippen molar-refractivity contribution in [3.05, 3.63) is 0 Å². The maximum absolute atomic E-state index is 3.21. The first-order valence-corrected chi connectivity index (χ1v) is 6.77. The van der Waals surface area contributed by atoms with Gasteiger partial charge in [-0.05, 0) is 58.8 Å². The Morgan fingerprint density at radius 1 is 1.20 bits per heavy atom. The third-order valence-electron chi connectivity index (χ3n) is 3.59. The summed E-state index contributed by atoms with van der Waals surface area (Å²) in [7, 11) is 2.04. The maximum Gasteiger partial charge on any atom is 0.00931 e. The zero-order valence-corrected chi connectivity index (χ0v) is 10.6. The van der Waals surface area contributed by atoms with Crippen LogP contribution in [0.1, 0.15) is 51.9 Å². The second kappa shape index (κ2) is 8.12. The summed E-state index contributed by atoms with van der Waals surface area (Å²) in [5.74, 6) is 0. The van der Waals surface area contributed by atoms with Crippen LogP contribution in [0.3, 0.4) is 0 Å². The molecule has 0 saturated carbocycles. The lowest BCUT2D eigenvalue weighted by Crippen LogP contribution is -2.29. The van der Waals surface area contributed by atoms with Crippen LogP contribution in [0.2, 0.25) is 0 Å². The lowest BCUT2D eigenvalue weighted by Gasteiger charge is -2.22. The molecule has 1 unspecified atom stereocenters. The third kappa shape index (κ3) is 4.98. The molecule has 0 spiro atoms. The highest BCUT2D eigenvalue weighted by Crippen LogP contribution is 2.20. The van der Waals surface area contributed by atoms with Crippen molar-refractivity contribution in [2.24, 2.45) is 0 Å². The summed E-state index contributed by atoms with van der Waals surface area (Å²) in [5.41, 5.74) is 0. The fourth-order valence-electron chi connectivity index (χ4n) is 2.62. The van der Waals surface area contributed by atoms with Crippen LogP contribution in [0, 0.1) is 0 Å². The van der Waals surface area contributed by atoms with Gasteiger partial charge < -0.3 is 10.2 Å². The van der Waals surface area contributed by atoms with Gasteiger partial charge in [0.2, 0.25) is 0 Å².